The lowest BCUT2D eigenvalue weighted by atomic mass is 10.1. The Kier molecular flexibility index (Phi) is 6.19. The van der Waals surface area contributed by atoms with Crippen molar-refractivity contribution in [3.63, 3.8) is 0 Å². The van der Waals surface area contributed by atoms with E-state index in [1.807, 2.05) is 30.5 Å². The lowest BCUT2D eigenvalue weighted by molar-refractivity contribution is -0.133. The summed E-state index contributed by atoms with van der Waals surface area (Å²) in [6.07, 6.45) is 0.719. The molecule has 3 rings (SSSR count). The van der Waals surface area contributed by atoms with Gasteiger partial charge in [-0.1, -0.05) is 13.0 Å². The molecule has 29 heavy (non-hydrogen) atoms. The number of thiophene rings is 1. The number of aryl methyl sites for hydroxylation is 1. The topological polar surface area (TPSA) is 118 Å². The molecule has 3 heterocycles. The van der Waals surface area contributed by atoms with Crippen molar-refractivity contribution in [2.45, 2.75) is 40.3 Å². The minimum absolute atomic E-state index is 0.00447. The van der Waals surface area contributed by atoms with Crippen LogP contribution < -0.4 is 5.56 Å². The molecule has 0 fully saturated rings. The highest BCUT2D eigenvalue weighted by Gasteiger charge is 2.20. The number of rotatable bonds is 7. The van der Waals surface area contributed by atoms with Crippen LogP contribution in [0.1, 0.15) is 36.1 Å². The van der Waals surface area contributed by atoms with Crippen molar-refractivity contribution in [1.29, 1.82) is 5.26 Å². The first-order valence-corrected chi connectivity index (χ1v) is 9.95. The maximum atomic E-state index is 12.8. The molecule has 0 aromatic carbocycles. The number of carbonyl (C=O) groups excluding carboxylic acids is 1. The largest absolute Gasteiger partial charge is 0.418 e. The van der Waals surface area contributed by atoms with Crippen molar-refractivity contribution >= 4 is 17.2 Å². The highest BCUT2D eigenvalue weighted by Crippen LogP contribution is 2.23. The Labute approximate surface area is 171 Å². The standard InChI is InChI=1S/C19H20N6O3S/c1-4-7-24(10-16-21-22-18(28-16)15-6-5-8-29-15)17(26)11-25-19(27)14(9-20)12(2)13(3)23-25/h5-6,8H,4,7,10-11H2,1-3H3. The third kappa shape index (κ3) is 4.41. The fourth-order valence-corrected chi connectivity index (χ4v) is 3.43. The number of nitriles is 1. The van der Waals surface area contributed by atoms with Crippen molar-refractivity contribution in [3.05, 3.63) is 50.6 Å². The first-order valence-electron chi connectivity index (χ1n) is 9.07. The molecule has 0 N–H and O–H groups in total. The van der Waals surface area contributed by atoms with E-state index in [2.05, 4.69) is 15.3 Å². The summed E-state index contributed by atoms with van der Waals surface area (Å²) in [5.74, 6) is 0.405. The molecule has 0 bridgehead atoms. The Balaban J connectivity index is 1.80. The second kappa shape index (κ2) is 8.79. The monoisotopic (exact) mass is 412 g/mol. The first kappa shape index (κ1) is 20.4. The summed E-state index contributed by atoms with van der Waals surface area (Å²) in [4.78, 5) is 27.7. The third-order valence-electron chi connectivity index (χ3n) is 4.40. The van der Waals surface area contributed by atoms with Crippen LogP contribution in [0.25, 0.3) is 10.8 Å². The number of hydrogen-bond donors (Lipinski definition) is 0. The van der Waals surface area contributed by atoms with E-state index < -0.39 is 5.56 Å². The average Bonchev–Trinajstić information content (AvgIpc) is 3.38. The summed E-state index contributed by atoms with van der Waals surface area (Å²) < 4.78 is 6.71. The molecule has 0 aliphatic carbocycles. The second-order valence-corrected chi connectivity index (χ2v) is 7.40. The van der Waals surface area contributed by atoms with Crippen LogP contribution in [0, 0.1) is 25.2 Å². The third-order valence-corrected chi connectivity index (χ3v) is 5.26. The van der Waals surface area contributed by atoms with E-state index in [4.69, 9.17) is 4.42 Å². The predicted octanol–water partition coefficient (Wildman–Crippen LogP) is 2.28. The van der Waals surface area contributed by atoms with Gasteiger partial charge >= 0.3 is 0 Å². The number of carbonyl (C=O) groups is 1. The van der Waals surface area contributed by atoms with Gasteiger partial charge in [-0.2, -0.15) is 10.4 Å². The van der Waals surface area contributed by atoms with Crippen LogP contribution in [0.3, 0.4) is 0 Å². The maximum Gasteiger partial charge on any atom is 0.285 e. The average molecular weight is 412 g/mol. The first-order chi connectivity index (χ1) is 13.9. The molecule has 10 heteroatoms. The van der Waals surface area contributed by atoms with Gasteiger partial charge in [-0.05, 0) is 37.3 Å². The van der Waals surface area contributed by atoms with Gasteiger partial charge in [0.05, 0.1) is 17.1 Å². The van der Waals surface area contributed by atoms with Gasteiger partial charge in [-0.3, -0.25) is 9.59 Å². The summed E-state index contributed by atoms with van der Waals surface area (Å²) >= 11 is 1.48. The molecule has 0 aliphatic heterocycles. The van der Waals surface area contributed by atoms with Crippen LogP contribution in [0.4, 0.5) is 0 Å². The number of amides is 1. The Morgan fingerprint density at radius 3 is 2.83 bits per heavy atom. The highest BCUT2D eigenvalue weighted by molar-refractivity contribution is 7.13. The van der Waals surface area contributed by atoms with Crippen molar-refractivity contribution < 1.29 is 9.21 Å². The normalized spacial score (nSPS) is 10.7. The quantitative estimate of drug-likeness (QED) is 0.584. The smallest absolute Gasteiger partial charge is 0.285 e. The summed E-state index contributed by atoms with van der Waals surface area (Å²) in [6.45, 7) is 5.64. The zero-order valence-corrected chi connectivity index (χ0v) is 17.2. The summed E-state index contributed by atoms with van der Waals surface area (Å²) in [7, 11) is 0. The van der Waals surface area contributed by atoms with Crippen LogP contribution in [-0.2, 0) is 17.9 Å². The van der Waals surface area contributed by atoms with E-state index in [1.54, 1.807) is 18.7 Å². The van der Waals surface area contributed by atoms with Gasteiger partial charge in [0, 0.05) is 6.54 Å². The van der Waals surface area contributed by atoms with E-state index >= 15 is 0 Å². The molecule has 0 spiro atoms. The van der Waals surface area contributed by atoms with E-state index in [0.717, 1.165) is 16.0 Å². The van der Waals surface area contributed by atoms with Gasteiger partial charge in [0.25, 0.3) is 11.4 Å². The van der Waals surface area contributed by atoms with E-state index in [0.29, 0.717) is 29.6 Å². The summed E-state index contributed by atoms with van der Waals surface area (Å²) in [5, 5.41) is 23.4. The van der Waals surface area contributed by atoms with Crippen LogP contribution in [0.5, 0.6) is 0 Å². The maximum absolute atomic E-state index is 12.8. The lowest BCUT2D eigenvalue weighted by Crippen LogP contribution is -2.38. The fraction of sp³-hybridized carbons (Fsp3) is 0.368. The Morgan fingerprint density at radius 1 is 1.38 bits per heavy atom. The molecule has 0 unspecified atom stereocenters. The molecule has 0 saturated carbocycles. The van der Waals surface area contributed by atoms with Gasteiger partial charge in [0.15, 0.2) is 0 Å². The van der Waals surface area contributed by atoms with E-state index in [1.165, 1.54) is 11.3 Å². The molecule has 0 aliphatic rings. The minimum Gasteiger partial charge on any atom is -0.418 e. The van der Waals surface area contributed by atoms with Crippen molar-refractivity contribution in [3.8, 4) is 16.8 Å². The molecule has 1 amide bonds. The lowest BCUT2D eigenvalue weighted by Gasteiger charge is -2.20. The Morgan fingerprint density at radius 2 is 2.17 bits per heavy atom. The van der Waals surface area contributed by atoms with Crippen molar-refractivity contribution in [2.75, 3.05) is 6.54 Å². The molecule has 0 saturated heterocycles. The zero-order valence-electron chi connectivity index (χ0n) is 16.4. The Hall–Kier alpha value is -3.32. The minimum atomic E-state index is -0.571. The van der Waals surface area contributed by atoms with Crippen LogP contribution in [0.2, 0.25) is 0 Å². The van der Waals surface area contributed by atoms with E-state index in [-0.39, 0.29) is 24.6 Å². The summed E-state index contributed by atoms with van der Waals surface area (Å²) in [5.41, 5.74) is 0.495. The SMILES string of the molecule is CCCN(Cc1nnc(-c2cccs2)o1)C(=O)Cn1nc(C)c(C)c(C#N)c1=O. The Bertz CT molecular complexity index is 1110. The zero-order chi connectivity index (χ0) is 21.0. The number of hydrogen-bond acceptors (Lipinski definition) is 8. The van der Waals surface area contributed by atoms with Crippen LogP contribution >= 0.6 is 11.3 Å². The molecule has 0 radical (unpaired) electrons. The van der Waals surface area contributed by atoms with Gasteiger partial charge in [-0.15, -0.1) is 21.5 Å². The van der Waals surface area contributed by atoms with Gasteiger partial charge in [0.2, 0.25) is 11.8 Å². The second-order valence-electron chi connectivity index (χ2n) is 6.45. The number of aromatic nitrogens is 4. The van der Waals surface area contributed by atoms with Crippen LogP contribution in [0.15, 0.2) is 26.7 Å². The summed E-state index contributed by atoms with van der Waals surface area (Å²) in [6, 6.07) is 5.66. The molecule has 0 atom stereocenters. The van der Waals surface area contributed by atoms with Gasteiger partial charge in [-0.25, -0.2) is 4.68 Å². The van der Waals surface area contributed by atoms with Crippen LogP contribution in [-0.4, -0.2) is 37.3 Å². The molecular formula is C19H20N6O3S. The highest BCUT2D eigenvalue weighted by atomic mass is 32.1. The molecule has 150 valence electrons. The van der Waals surface area contributed by atoms with Crippen molar-refractivity contribution in [1.82, 2.24) is 24.9 Å². The fourth-order valence-electron chi connectivity index (χ4n) is 2.78. The molecule has 9 nitrogen and oxygen atoms in total. The molecule has 3 aromatic rings. The molecular weight excluding hydrogens is 392 g/mol. The van der Waals surface area contributed by atoms with Crippen molar-refractivity contribution in [2.24, 2.45) is 0 Å². The van der Waals surface area contributed by atoms with Gasteiger partial charge < -0.3 is 9.32 Å². The molecule has 3 aromatic heterocycles. The predicted molar refractivity (Wildman–Crippen MR) is 106 cm³/mol. The van der Waals surface area contributed by atoms with Gasteiger partial charge in [0.1, 0.15) is 18.2 Å². The number of nitrogens with zero attached hydrogens (tertiary/aromatic N) is 6. The van der Waals surface area contributed by atoms with E-state index in [9.17, 15) is 14.9 Å².